The molecular weight excluding hydrogens is 238 g/mol. The fourth-order valence-electron chi connectivity index (χ4n) is 3.26. The third-order valence-corrected chi connectivity index (χ3v) is 4.42. The Balaban J connectivity index is 1.67. The molecule has 0 saturated carbocycles. The summed E-state index contributed by atoms with van der Waals surface area (Å²) >= 11 is 0. The average Bonchev–Trinajstić information content (AvgIpc) is 2.65. The highest BCUT2D eigenvalue weighted by Crippen LogP contribution is 2.11. The predicted octanol–water partition coefficient (Wildman–Crippen LogP) is 1.17. The van der Waals surface area contributed by atoms with Crippen molar-refractivity contribution in [2.75, 3.05) is 52.5 Å². The van der Waals surface area contributed by atoms with Crippen molar-refractivity contribution in [2.24, 2.45) is 0 Å². The van der Waals surface area contributed by atoms with Gasteiger partial charge in [0, 0.05) is 31.7 Å². The van der Waals surface area contributed by atoms with E-state index in [2.05, 4.69) is 29.0 Å². The average molecular weight is 269 g/mol. The predicted molar refractivity (Wildman–Crippen MR) is 79.6 cm³/mol. The Morgan fingerprint density at radius 1 is 1.11 bits per heavy atom. The molecule has 2 heterocycles. The van der Waals surface area contributed by atoms with E-state index in [0.29, 0.717) is 12.1 Å². The molecule has 19 heavy (non-hydrogen) atoms. The highest BCUT2D eigenvalue weighted by atomic mass is 16.5. The summed E-state index contributed by atoms with van der Waals surface area (Å²) in [5, 5.41) is 3.84. The number of ether oxygens (including phenoxy) is 1. The third-order valence-electron chi connectivity index (χ3n) is 4.42. The van der Waals surface area contributed by atoms with Gasteiger partial charge in [0.25, 0.3) is 0 Å². The fourth-order valence-corrected chi connectivity index (χ4v) is 3.26. The smallest absolute Gasteiger partial charge is 0.0594 e. The molecule has 4 nitrogen and oxygen atoms in total. The SMILES string of the molecule is CCN1CCCC(NC(C)CN2CCOCC2)CC1. The maximum Gasteiger partial charge on any atom is 0.0594 e. The lowest BCUT2D eigenvalue weighted by molar-refractivity contribution is 0.0337. The van der Waals surface area contributed by atoms with E-state index in [4.69, 9.17) is 4.74 Å². The largest absolute Gasteiger partial charge is 0.379 e. The van der Waals surface area contributed by atoms with Crippen LogP contribution in [-0.4, -0.2) is 74.4 Å². The minimum atomic E-state index is 0.594. The standard InChI is InChI=1S/C15H31N3O/c1-3-17-7-4-5-15(6-8-17)16-14(2)13-18-9-11-19-12-10-18/h14-16H,3-13H2,1-2H3. The number of hydrogen-bond donors (Lipinski definition) is 1. The fraction of sp³-hybridized carbons (Fsp3) is 1.00. The zero-order valence-corrected chi connectivity index (χ0v) is 12.7. The molecule has 0 aliphatic carbocycles. The number of hydrogen-bond acceptors (Lipinski definition) is 4. The molecule has 2 atom stereocenters. The molecule has 0 spiro atoms. The molecule has 0 aromatic rings. The second-order valence-electron chi connectivity index (χ2n) is 6.04. The van der Waals surface area contributed by atoms with Gasteiger partial charge in [-0.15, -0.1) is 0 Å². The van der Waals surface area contributed by atoms with Crippen molar-refractivity contribution < 1.29 is 4.74 Å². The molecule has 0 aromatic heterocycles. The minimum Gasteiger partial charge on any atom is -0.379 e. The summed E-state index contributed by atoms with van der Waals surface area (Å²) in [6, 6.07) is 1.31. The van der Waals surface area contributed by atoms with Gasteiger partial charge in [0.05, 0.1) is 13.2 Å². The Bertz CT molecular complexity index is 244. The molecule has 4 heteroatoms. The molecule has 1 N–H and O–H groups in total. The zero-order chi connectivity index (χ0) is 13.5. The van der Waals surface area contributed by atoms with E-state index in [1.165, 1.54) is 38.9 Å². The summed E-state index contributed by atoms with van der Waals surface area (Å²) in [5.41, 5.74) is 0. The van der Waals surface area contributed by atoms with Crippen LogP contribution in [0.15, 0.2) is 0 Å². The molecule has 2 aliphatic heterocycles. The molecule has 2 aliphatic rings. The Labute approximate surface area is 118 Å². The maximum atomic E-state index is 5.40. The second-order valence-corrected chi connectivity index (χ2v) is 6.04. The third kappa shape index (κ3) is 5.38. The summed E-state index contributed by atoms with van der Waals surface area (Å²) in [7, 11) is 0. The van der Waals surface area contributed by atoms with Gasteiger partial charge < -0.3 is 15.0 Å². The van der Waals surface area contributed by atoms with Gasteiger partial charge in [-0.3, -0.25) is 4.90 Å². The van der Waals surface area contributed by atoms with Crippen LogP contribution >= 0.6 is 0 Å². The molecule has 2 fully saturated rings. The molecule has 112 valence electrons. The van der Waals surface area contributed by atoms with Crippen LogP contribution in [0.5, 0.6) is 0 Å². The Morgan fingerprint density at radius 3 is 2.63 bits per heavy atom. The van der Waals surface area contributed by atoms with Crippen molar-refractivity contribution in [3.63, 3.8) is 0 Å². The van der Waals surface area contributed by atoms with E-state index in [1.807, 2.05) is 0 Å². The van der Waals surface area contributed by atoms with Crippen LogP contribution in [0, 0.1) is 0 Å². The maximum absolute atomic E-state index is 5.40. The summed E-state index contributed by atoms with van der Waals surface area (Å²) in [6.07, 6.45) is 3.99. The first-order valence-electron chi connectivity index (χ1n) is 8.06. The van der Waals surface area contributed by atoms with Crippen molar-refractivity contribution in [3.8, 4) is 0 Å². The lowest BCUT2D eigenvalue weighted by atomic mass is 10.1. The molecule has 0 radical (unpaired) electrons. The molecule has 0 amide bonds. The monoisotopic (exact) mass is 269 g/mol. The van der Waals surface area contributed by atoms with Crippen molar-refractivity contribution in [3.05, 3.63) is 0 Å². The lowest BCUT2D eigenvalue weighted by Gasteiger charge is -2.31. The van der Waals surface area contributed by atoms with E-state index >= 15 is 0 Å². The first kappa shape index (κ1) is 15.2. The van der Waals surface area contributed by atoms with Crippen LogP contribution in [0.25, 0.3) is 0 Å². The summed E-state index contributed by atoms with van der Waals surface area (Å²) in [4.78, 5) is 5.10. The Morgan fingerprint density at radius 2 is 1.89 bits per heavy atom. The molecule has 0 aromatic carbocycles. The van der Waals surface area contributed by atoms with Crippen LogP contribution in [0.3, 0.4) is 0 Å². The molecular formula is C15H31N3O. The van der Waals surface area contributed by atoms with Gasteiger partial charge >= 0.3 is 0 Å². The second kappa shape index (κ2) is 8.20. The van der Waals surface area contributed by atoms with Crippen molar-refractivity contribution >= 4 is 0 Å². The lowest BCUT2D eigenvalue weighted by Crippen LogP contribution is -2.47. The number of likely N-dealkylation sites (tertiary alicyclic amines) is 1. The van der Waals surface area contributed by atoms with Crippen LogP contribution in [0.4, 0.5) is 0 Å². The van der Waals surface area contributed by atoms with E-state index in [-0.39, 0.29) is 0 Å². The normalized spacial score (nSPS) is 29.1. The van der Waals surface area contributed by atoms with Crippen LogP contribution in [-0.2, 0) is 4.74 Å². The Hall–Kier alpha value is -0.160. The summed E-state index contributed by atoms with van der Waals surface area (Å²) in [6.45, 7) is 13.5. The molecule has 0 bridgehead atoms. The van der Waals surface area contributed by atoms with Gasteiger partial charge in [-0.2, -0.15) is 0 Å². The number of nitrogens with zero attached hydrogens (tertiary/aromatic N) is 2. The Kier molecular flexibility index (Phi) is 6.57. The number of morpholine rings is 1. The highest BCUT2D eigenvalue weighted by Gasteiger charge is 2.19. The topological polar surface area (TPSA) is 27.7 Å². The van der Waals surface area contributed by atoms with E-state index in [0.717, 1.165) is 32.8 Å². The first-order chi connectivity index (χ1) is 9.28. The van der Waals surface area contributed by atoms with Crippen molar-refractivity contribution in [1.29, 1.82) is 0 Å². The van der Waals surface area contributed by atoms with Gasteiger partial charge in [0.1, 0.15) is 0 Å². The molecule has 2 rings (SSSR count). The van der Waals surface area contributed by atoms with Gasteiger partial charge in [-0.05, 0) is 45.8 Å². The van der Waals surface area contributed by atoms with Gasteiger partial charge in [0.2, 0.25) is 0 Å². The van der Waals surface area contributed by atoms with Crippen molar-refractivity contribution in [2.45, 2.75) is 45.2 Å². The van der Waals surface area contributed by atoms with E-state index in [9.17, 15) is 0 Å². The molecule has 2 saturated heterocycles. The number of rotatable bonds is 5. The zero-order valence-electron chi connectivity index (χ0n) is 12.7. The van der Waals surface area contributed by atoms with E-state index in [1.54, 1.807) is 0 Å². The van der Waals surface area contributed by atoms with Crippen LogP contribution < -0.4 is 5.32 Å². The van der Waals surface area contributed by atoms with E-state index < -0.39 is 0 Å². The first-order valence-corrected chi connectivity index (χ1v) is 8.06. The van der Waals surface area contributed by atoms with Crippen molar-refractivity contribution in [1.82, 2.24) is 15.1 Å². The number of nitrogens with one attached hydrogen (secondary N) is 1. The quantitative estimate of drug-likeness (QED) is 0.811. The van der Waals surface area contributed by atoms with Crippen LogP contribution in [0.1, 0.15) is 33.1 Å². The highest BCUT2D eigenvalue weighted by molar-refractivity contribution is 4.79. The minimum absolute atomic E-state index is 0.594. The summed E-state index contributed by atoms with van der Waals surface area (Å²) < 4.78 is 5.40. The van der Waals surface area contributed by atoms with Gasteiger partial charge in [-0.25, -0.2) is 0 Å². The van der Waals surface area contributed by atoms with Gasteiger partial charge in [-0.1, -0.05) is 6.92 Å². The summed E-state index contributed by atoms with van der Waals surface area (Å²) in [5.74, 6) is 0. The molecule has 2 unspecified atom stereocenters. The van der Waals surface area contributed by atoms with Crippen LogP contribution in [0.2, 0.25) is 0 Å². The van der Waals surface area contributed by atoms with Gasteiger partial charge in [0.15, 0.2) is 0 Å².